The number of rotatable bonds is 8. The van der Waals surface area contributed by atoms with Crippen molar-refractivity contribution in [2.45, 2.75) is 116 Å². The lowest BCUT2D eigenvalue weighted by Gasteiger charge is -2.30. The Morgan fingerprint density at radius 2 is 1.83 bits per heavy atom. The molecule has 54 heavy (non-hydrogen) atoms. The molecule has 0 radical (unpaired) electrons. The molecule has 4 amide bonds. The number of ketones is 1. The van der Waals surface area contributed by atoms with Gasteiger partial charge in [0.1, 0.15) is 23.3 Å². The highest BCUT2D eigenvalue weighted by molar-refractivity contribution is 7.87. The van der Waals surface area contributed by atoms with E-state index >= 15 is 0 Å². The Morgan fingerprint density at radius 3 is 2.48 bits per heavy atom. The quantitative estimate of drug-likeness (QED) is 0.333. The molecule has 2 fully saturated rings. The maximum atomic E-state index is 14.5. The summed E-state index contributed by atoms with van der Waals surface area (Å²) >= 11 is 0. The van der Waals surface area contributed by atoms with Crippen LogP contribution in [0.5, 0.6) is 6.01 Å². The Balaban J connectivity index is 1.52. The number of Topliss-reactive ketones (excluding diaryl/α,β-unsaturated/α-hetero) is 1. The minimum atomic E-state index is -4.15. The fourth-order valence-electron chi connectivity index (χ4n) is 7.28. The van der Waals surface area contributed by atoms with Crippen LogP contribution in [-0.2, 0) is 29.3 Å². The first kappa shape index (κ1) is 40.7. The van der Waals surface area contributed by atoms with Crippen LogP contribution < -0.4 is 20.5 Å². The molecule has 1 aliphatic carbocycles. The van der Waals surface area contributed by atoms with Gasteiger partial charge in [0, 0.05) is 33.0 Å². The number of aromatic nitrogens is 2. The van der Waals surface area contributed by atoms with E-state index in [2.05, 4.69) is 15.0 Å². The van der Waals surface area contributed by atoms with Crippen molar-refractivity contribution >= 4 is 50.8 Å². The Morgan fingerprint density at radius 1 is 1.11 bits per heavy atom. The van der Waals surface area contributed by atoms with Crippen molar-refractivity contribution in [3.05, 3.63) is 35.9 Å². The van der Waals surface area contributed by atoms with E-state index in [0.717, 1.165) is 17.1 Å². The minimum Gasteiger partial charge on any atom is -0.459 e. The number of para-hydroxylation sites is 1. The van der Waals surface area contributed by atoms with E-state index in [9.17, 15) is 32.4 Å². The zero-order valence-electron chi connectivity index (χ0n) is 32.1. The third-order valence-corrected chi connectivity index (χ3v) is 11.6. The summed E-state index contributed by atoms with van der Waals surface area (Å²) in [5, 5.41) is 2.73. The van der Waals surface area contributed by atoms with Crippen LogP contribution in [0.25, 0.3) is 11.0 Å². The summed E-state index contributed by atoms with van der Waals surface area (Å²) < 4.78 is 42.2. The molecule has 4 N–H and O–H groups in total. The summed E-state index contributed by atoms with van der Waals surface area (Å²) in [6, 6.07) is 2.97. The van der Waals surface area contributed by atoms with Crippen LogP contribution in [0, 0.1) is 11.3 Å². The third-order valence-electron chi connectivity index (χ3n) is 10.2. The number of nitrogens with one attached hydrogen (secondary N) is 2. The first-order valence-electron chi connectivity index (χ1n) is 18.5. The van der Waals surface area contributed by atoms with Crippen molar-refractivity contribution in [1.29, 1.82) is 0 Å². The first-order chi connectivity index (χ1) is 25.2. The molecule has 1 aromatic carbocycles. The van der Waals surface area contributed by atoms with E-state index in [0.29, 0.717) is 30.3 Å². The largest absolute Gasteiger partial charge is 0.459 e. The van der Waals surface area contributed by atoms with E-state index in [1.54, 1.807) is 43.5 Å². The molecule has 16 nitrogen and oxygen atoms in total. The molecule has 0 unspecified atom stereocenters. The van der Waals surface area contributed by atoms with Crippen LogP contribution in [-0.4, -0.2) is 101 Å². The first-order valence-corrected chi connectivity index (χ1v) is 19.9. The number of ether oxygens (including phenoxy) is 2. The summed E-state index contributed by atoms with van der Waals surface area (Å²) in [7, 11) is -1.56. The number of nitrogens with two attached hydrogens (primary N) is 1. The van der Waals surface area contributed by atoms with Crippen molar-refractivity contribution < 1.29 is 41.9 Å². The van der Waals surface area contributed by atoms with Gasteiger partial charge in [0.15, 0.2) is 5.78 Å². The normalized spacial score (nSPS) is 26.1. The standard InChI is InChI=1S/C37H53N7O9S/c1-22(2)44-27-17-13-15-25(31(38)46)30(27)40-34(44)52-24-18-28-29(45)20-37(33(48)41-54(50,51)42(6)7)19-23(37)14-11-9-8-10-12-16-26(32(47)43(28)21-24)39-35(49)53-36(3,4)5/h11,13-15,17,22-24,26,28H,8-10,12,16,18-21H2,1-7H3,(H2,38,46)(H,39,49)(H,41,48)/b14-11-/t23-,24+,26-,28-,37+/m0/s1. The number of carbonyl (C=O) groups is 5. The van der Waals surface area contributed by atoms with Gasteiger partial charge >= 0.3 is 16.3 Å². The number of alkyl carbamates (subject to hydrolysis) is 1. The number of nitrogens with zero attached hydrogens (tertiary/aromatic N) is 4. The second-order valence-corrected chi connectivity index (χ2v) is 17.9. The maximum absolute atomic E-state index is 14.5. The van der Waals surface area contributed by atoms with E-state index in [1.807, 2.05) is 26.0 Å². The topological polar surface area (TPSA) is 212 Å². The Labute approximate surface area is 316 Å². The second-order valence-electron chi connectivity index (χ2n) is 16.0. The van der Waals surface area contributed by atoms with E-state index in [4.69, 9.17) is 15.2 Å². The van der Waals surface area contributed by atoms with E-state index in [-0.39, 0.29) is 49.3 Å². The number of hydrogen-bond donors (Lipinski definition) is 3. The van der Waals surface area contributed by atoms with Crippen LogP contribution in [0.2, 0.25) is 0 Å². The lowest BCUT2D eigenvalue weighted by molar-refractivity contribution is -0.140. The monoisotopic (exact) mass is 771 g/mol. The molecule has 3 heterocycles. The zero-order valence-corrected chi connectivity index (χ0v) is 32.9. The highest BCUT2D eigenvalue weighted by atomic mass is 32.2. The van der Waals surface area contributed by atoms with Gasteiger partial charge in [-0.2, -0.15) is 17.7 Å². The van der Waals surface area contributed by atoms with Gasteiger partial charge in [-0.25, -0.2) is 9.52 Å². The number of amides is 4. The molecule has 17 heteroatoms. The highest BCUT2D eigenvalue weighted by Gasteiger charge is 2.61. The van der Waals surface area contributed by atoms with Gasteiger partial charge in [0.2, 0.25) is 11.8 Å². The van der Waals surface area contributed by atoms with Gasteiger partial charge in [-0.1, -0.05) is 31.1 Å². The molecule has 1 aromatic heterocycles. The summed E-state index contributed by atoms with van der Waals surface area (Å²) in [5.74, 6) is -2.77. The van der Waals surface area contributed by atoms with Crippen LogP contribution >= 0.6 is 0 Å². The predicted octanol–water partition coefficient (Wildman–Crippen LogP) is 3.37. The Hall–Kier alpha value is -4.51. The number of benzene rings is 1. The van der Waals surface area contributed by atoms with Gasteiger partial charge in [-0.3, -0.25) is 23.7 Å². The molecular formula is C37H53N7O9S. The third kappa shape index (κ3) is 8.88. The molecule has 2 aliphatic heterocycles. The van der Waals surface area contributed by atoms with Crippen LogP contribution in [0.15, 0.2) is 30.4 Å². The fraction of sp³-hybridized carbons (Fsp3) is 0.622. The van der Waals surface area contributed by atoms with Crippen LogP contribution in [0.1, 0.15) is 102 Å². The molecule has 0 bridgehead atoms. The summed E-state index contributed by atoms with van der Waals surface area (Å²) in [4.78, 5) is 74.0. The predicted molar refractivity (Wildman–Crippen MR) is 199 cm³/mol. The number of carbonyl (C=O) groups excluding carboxylic acids is 5. The molecular weight excluding hydrogens is 719 g/mol. The molecule has 1 saturated carbocycles. The van der Waals surface area contributed by atoms with Crippen molar-refractivity contribution in [3.63, 3.8) is 0 Å². The van der Waals surface area contributed by atoms with Crippen molar-refractivity contribution in [3.8, 4) is 6.01 Å². The van der Waals surface area contributed by atoms with Gasteiger partial charge in [-0.05, 0) is 78.4 Å². The molecule has 3 aliphatic rings. The summed E-state index contributed by atoms with van der Waals surface area (Å²) in [6.07, 6.45) is 5.36. The Kier molecular flexibility index (Phi) is 11.8. The molecule has 1 saturated heterocycles. The van der Waals surface area contributed by atoms with Crippen LogP contribution in [0.4, 0.5) is 4.79 Å². The number of fused-ring (bicyclic) bond motifs is 3. The van der Waals surface area contributed by atoms with Crippen molar-refractivity contribution in [2.24, 2.45) is 17.1 Å². The maximum Gasteiger partial charge on any atom is 0.408 e. The average molecular weight is 772 g/mol. The molecule has 0 spiro atoms. The van der Waals surface area contributed by atoms with Crippen molar-refractivity contribution in [1.82, 2.24) is 28.8 Å². The minimum absolute atomic E-state index is 0.0297. The molecule has 2 aromatic rings. The molecule has 5 rings (SSSR count). The van der Waals surface area contributed by atoms with E-state index < -0.39 is 69.0 Å². The molecule has 296 valence electrons. The number of imidazole rings is 1. The lowest BCUT2D eigenvalue weighted by atomic mass is 9.91. The Bertz CT molecular complexity index is 1930. The molecule has 5 atom stereocenters. The second kappa shape index (κ2) is 15.7. The van der Waals surface area contributed by atoms with Crippen molar-refractivity contribution in [2.75, 3.05) is 20.6 Å². The van der Waals surface area contributed by atoms with Gasteiger partial charge in [0.25, 0.3) is 11.9 Å². The van der Waals surface area contributed by atoms with Gasteiger partial charge in [0.05, 0.1) is 29.1 Å². The summed E-state index contributed by atoms with van der Waals surface area (Å²) in [6.45, 7) is 8.94. The zero-order chi connectivity index (χ0) is 39.7. The highest BCUT2D eigenvalue weighted by Crippen LogP contribution is 2.57. The van der Waals surface area contributed by atoms with E-state index in [1.165, 1.54) is 19.0 Å². The number of primary amides is 1. The summed E-state index contributed by atoms with van der Waals surface area (Å²) in [5.41, 5.74) is 4.67. The SMILES string of the molecule is CC(C)n1c(O[C@@H]2C[C@H]3C(=O)C[C@]4(C(=O)NS(=O)(=O)N(C)C)C[C@@H]4/C=C\CCCCC[C@H](NC(=O)OC(C)(C)C)C(=O)N3C2)nc2c(C(N)=O)cccc21. The van der Waals surface area contributed by atoms with Gasteiger partial charge < -0.3 is 25.4 Å². The number of allylic oxidation sites excluding steroid dienone is 2. The average Bonchev–Trinajstić information content (AvgIpc) is 3.38. The fourth-order valence-corrected chi connectivity index (χ4v) is 7.90. The van der Waals surface area contributed by atoms with Crippen LogP contribution in [0.3, 0.4) is 0 Å². The van der Waals surface area contributed by atoms with Gasteiger partial charge in [-0.15, -0.1) is 0 Å². The lowest BCUT2D eigenvalue weighted by Crippen LogP contribution is -2.53. The number of hydrogen-bond acceptors (Lipinski definition) is 10. The smallest absolute Gasteiger partial charge is 0.408 e.